The topological polar surface area (TPSA) is 41.6 Å². The number of hydrogen-bond donors (Lipinski definition) is 1. The summed E-state index contributed by atoms with van der Waals surface area (Å²) in [5.74, 6) is 0.640. The maximum Gasteiger partial charge on any atom is 0.258 e. The van der Waals surface area contributed by atoms with Crippen molar-refractivity contribution in [3.63, 3.8) is 0 Å². The van der Waals surface area contributed by atoms with E-state index in [0.29, 0.717) is 6.54 Å². The van der Waals surface area contributed by atoms with Crippen LogP contribution < -0.4 is 10.1 Å². The minimum Gasteiger partial charge on any atom is -0.484 e. The van der Waals surface area contributed by atoms with E-state index in [-0.39, 0.29) is 18.6 Å². The summed E-state index contributed by atoms with van der Waals surface area (Å²) in [7, 11) is 4.02. The Labute approximate surface area is 144 Å². The molecule has 4 nitrogen and oxygen atoms in total. The number of benzene rings is 2. The predicted octanol–water partition coefficient (Wildman–Crippen LogP) is 3.10. The van der Waals surface area contributed by atoms with Crippen molar-refractivity contribution < 1.29 is 9.53 Å². The molecule has 0 aliphatic rings. The monoisotopic (exact) mass is 326 g/mol. The van der Waals surface area contributed by atoms with Crippen LogP contribution in [0.15, 0.2) is 48.5 Å². The third-order valence-corrected chi connectivity index (χ3v) is 3.99. The molecule has 0 aliphatic carbocycles. The van der Waals surface area contributed by atoms with Gasteiger partial charge in [0.25, 0.3) is 5.91 Å². The molecule has 0 radical (unpaired) electrons. The van der Waals surface area contributed by atoms with E-state index in [0.717, 1.165) is 11.3 Å². The molecule has 1 N–H and O–H groups in total. The van der Waals surface area contributed by atoms with Crippen LogP contribution >= 0.6 is 0 Å². The number of carbonyl (C=O) groups is 1. The van der Waals surface area contributed by atoms with Gasteiger partial charge < -0.3 is 15.0 Å². The van der Waals surface area contributed by atoms with Crippen LogP contribution in [-0.4, -0.2) is 38.1 Å². The van der Waals surface area contributed by atoms with Gasteiger partial charge in [-0.3, -0.25) is 4.79 Å². The lowest BCUT2D eigenvalue weighted by Gasteiger charge is -2.25. The Kier molecular flexibility index (Phi) is 6.38. The summed E-state index contributed by atoms with van der Waals surface area (Å²) in [5, 5.41) is 2.96. The molecule has 1 unspecified atom stereocenters. The Morgan fingerprint density at radius 2 is 1.83 bits per heavy atom. The van der Waals surface area contributed by atoms with Crippen molar-refractivity contribution in [1.82, 2.24) is 10.2 Å². The van der Waals surface area contributed by atoms with E-state index >= 15 is 0 Å². The first kappa shape index (κ1) is 18.0. The lowest BCUT2D eigenvalue weighted by molar-refractivity contribution is -0.123. The quantitative estimate of drug-likeness (QED) is 0.850. The Hall–Kier alpha value is -2.33. The maximum atomic E-state index is 12.1. The summed E-state index contributed by atoms with van der Waals surface area (Å²) in [6.07, 6.45) is 0. The van der Waals surface area contributed by atoms with Crippen LogP contribution in [0.25, 0.3) is 0 Å². The fourth-order valence-corrected chi connectivity index (χ4v) is 2.64. The Bertz CT molecular complexity index is 669. The first-order valence-corrected chi connectivity index (χ1v) is 8.15. The van der Waals surface area contributed by atoms with Crippen LogP contribution in [0.1, 0.15) is 22.7 Å². The molecule has 1 atom stereocenters. The number of nitrogens with zero attached hydrogens (tertiary/aromatic N) is 1. The summed E-state index contributed by atoms with van der Waals surface area (Å²) in [5.41, 5.74) is 3.40. The zero-order valence-electron chi connectivity index (χ0n) is 14.9. The van der Waals surface area contributed by atoms with E-state index in [1.807, 2.05) is 64.3 Å². The Morgan fingerprint density at radius 3 is 2.46 bits per heavy atom. The van der Waals surface area contributed by atoms with Crippen LogP contribution in [-0.2, 0) is 4.79 Å². The van der Waals surface area contributed by atoms with Crippen LogP contribution in [0.2, 0.25) is 0 Å². The highest BCUT2D eigenvalue weighted by molar-refractivity contribution is 5.77. The Balaban J connectivity index is 1.87. The molecule has 0 aliphatic heterocycles. The first-order chi connectivity index (χ1) is 11.5. The second-order valence-electron chi connectivity index (χ2n) is 6.25. The third kappa shape index (κ3) is 5.10. The van der Waals surface area contributed by atoms with Gasteiger partial charge in [-0.25, -0.2) is 0 Å². The molecule has 4 heteroatoms. The fourth-order valence-electron chi connectivity index (χ4n) is 2.64. The molecule has 0 saturated heterocycles. The maximum absolute atomic E-state index is 12.1. The van der Waals surface area contributed by atoms with Gasteiger partial charge in [0, 0.05) is 6.54 Å². The molecule has 0 spiro atoms. The molecule has 2 rings (SSSR count). The van der Waals surface area contributed by atoms with Crippen molar-refractivity contribution in [2.45, 2.75) is 19.9 Å². The van der Waals surface area contributed by atoms with Gasteiger partial charge in [0.05, 0.1) is 6.04 Å². The number of nitrogens with one attached hydrogen (secondary N) is 1. The third-order valence-electron chi connectivity index (χ3n) is 3.99. The molecule has 2 aromatic rings. The normalized spacial score (nSPS) is 12.0. The van der Waals surface area contributed by atoms with Crippen molar-refractivity contribution >= 4 is 5.91 Å². The average molecular weight is 326 g/mol. The van der Waals surface area contributed by atoms with Crippen molar-refractivity contribution in [2.75, 3.05) is 27.2 Å². The standard InChI is InChI=1S/C20H26N2O2/c1-15-10-11-19(16(2)12-15)24-14-20(23)21-13-18(22(3)4)17-8-6-5-7-9-17/h5-12,18H,13-14H2,1-4H3,(H,21,23). The highest BCUT2D eigenvalue weighted by Crippen LogP contribution is 2.19. The highest BCUT2D eigenvalue weighted by atomic mass is 16.5. The van der Waals surface area contributed by atoms with Crippen LogP contribution in [0, 0.1) is 13.8 Å². The smallest absolute Gasteiger partial charge is 0.258 e. The van der Waals surface area contributed by atoms with Crippen molar-refractivity contribution in [2.24, 2.45) is 0 Å². The van der Waals surface area contributed by atoms with Crippen molar-refractivity contribution in [3.05, 3.63) is 65.2 Å². The summed E-state index contributed by atoms with van der Waals surface area (Å²) in [6, 6.07) is 16.2. The largest absolute Gasteiger partial charge is 0.484 e. The minimum absolute atomic E-state index is 0.0266. The molecular formula is C20H26N2O2. The molecule has 0 aromatic heterocycles. The lowest BCUT2D eigenvalue weighted by atomic mass is 10.1. The van der Waals surface area contributed by atoms with Gasteiger partial charge in [0.2, 0.25) is 0 Å². The SMILES string of the molecule is Cc1ccc(OCC(=O)NCC(c2ccccc2)N(C)C)c(C)c1. The highest BCUT2D eigenvalue weighted by Gasteiger charge is 2.15. The molecule has 0 saturated carbocycles. The molecule has 0 bridgehead atoms. The second kappa shape index (κ2) is 8.50. The van der Waals surface area contributed by atoms with E-state index in [1.165, 1.54) is 11.1 Å². The molecular weight excluding hydrogens is 300 g/mol. The van der Waals surface area contributed by atoms with Crippen LogP contribution in [0.5, 0.6) is 5.75 Å². The molecule has 2 aromatic carbocycles. The summed E-state index contributed by atoms with van der Waals surface area (Å²) in [4.78, 5) is 14.2. The summed E-state index contributed by atoms with van der Waals surface area (Å²) >= 11 is 0. The predicted molar refractivity (Wildman–Crippen MR) is 97.3 cm³/mol. The Morgan fingerprint density at radius 1 is 1.12 bits per heavy atom. The second-order valence-corrected chi connectivity index (χ2v) is 6.25. The van der Waals surface area contributed by atoms with Gasteiger partial charge in [-0.05, 0) is 45.1 Å². The number of carbonyl (C=O) groups excluding carboxylic acids is 1. The van der Waals surface area contributed by atoms with Gasteiger partial charge in [-0.2, -0.15) is 0 Å². The average Bonchev–Trinajstić information content (AvgIpc) is 2.55. The molecule has 0 fully saturated rings. The van der Waals surface area contributed by atoms with E-state index in [1.54, 1.807) is 0 Å². The van der Waals surface area contributed by atoms with Gasteiger partial charge in [-0.1, -0.05) is 48.0 Å². The van der Waals surface area contributed by atoms with Gasteiger partial charge in [0.15, 0.2) is 6.61 Å². The number of hydrogen-bond acceptors (Lipinski definition) is 3. The van der Waals surface area contributed by atoms with Crippen molar-refractivity contribution in [1.29, 1.82) is 0 Å². The van der Waals surface area contributed by atoms with Gasteiger partial charge >= 0.3 is 0 Å². The summed E-state index contributed by atoms with van der Waals surface area (Å²) < 4.78 is 5.63. The van der Waals surface area contributed by atoms with E-state index < -0.39 is 0 Å². The van der Waals surface area contributed by atoms with E-state index in [4.69, 9.17) is 4.74 Å². The molecule has 128 valence electrons. The number of likely N-dealkylation sites (N-methyl/N-ethyl adjacent to an activating group) is 1. The van der Waals surface area contributed by atoms with E-state index in [2.05, 4.69) is 22.3 Å². The first-order valence-electron chi connectivity index (χ1n) is 8.15. The lowest BCUT2D eigenvalue weighted by Crippen LogP contribution is -2.36. The zero-order chi connectivity index (χ0) is 17.5. The number of amides is 1. The molecule has 1 amide bonds. The number of ether oxygens (including phenoxy) is 1. The molecule has 24 heavy (non-hydrogen) atoms. The van der Waals surface area contributed by atoms with Crippen molar-refractivity contribution in [3.8, 4) is 5.75 Å². The number of rotatable bonds is 7. The fraction of sp³-hybridized carbons (Fsp3) is 0.350. The van der Waals surface area contributed by atoms with E-state index in [9.17, 15) is 4.79 Å². The van der Waals surface area contributed by atoms with Gasteiger partial charge in [-0.15, -0.1) is 0 Å². The number of aryl methyl sites for hydroxylation is 2. The van der Waals surface area contributed by atoms with Gasteiger partial charge in [0.1, 0.15) is 5.75 Å². The summed E-state index contributed by atoms with van der Waals surface area (Å²) in [6.45, 7) is 4.59. The van der Waals surface area contributed by atoms with Crippen LogP contribution in [0.4, 0.5) is 0 Å². The van der Waals surface area contributed by atoms with Crippen LogP contribution in [0.3, 0.4) is 0 Å². The zero-order valence-corrected chi connectivity index (χ0v) is 14.9. The molecule has 0 heterocycles. The minimum atomic E-state index is -0.113.